The lowest BCUT2D eigenvalue weighted by Crippen LogP contribution is -2.14. The highest BCUT2D eigenvalue weighted by Gasteiger charge is 2.14. The van der Waals surface area contributed by atoms with Crippen LogP contribution in [0.3, 0.4) is 0 Å². The van der Waals surface area contributed by atoms with Crippen molar-refractivity contribution in [3.05, 3.63) is 66.0 Å². The summed E-state index contributed by atoms with van der Waals surface area (Å²) in [4.78, 5) is 12.3. The predicted molar refractivity (Wildman–Crippen MR) is 86.1 cm³/mol. The number of aryl methyl sites for hydroxylation is 1. The third kappa shape index (κ3) is 3.75. The molecule has 0 amide bonds. The Morgan fingerprint density at radius 3 is 2.79 bits per heavy atom. The van der Waals surface area contributed by atoms with Crippen LogP contribution in [0.4, 0.5) is 0 Å². The van der Waals surface area contributed by atoms with Crippen LogP contribution in [-0.4, -0.2) is 39.4 Å². The monoisotopic (exact) mass is 324 g/mol. The number of aromatic nitrogens is 4. The van der Waals surface area contributed by atoms with Crippen LogP contribution in [0.1, 0.15) is 15.9 Å². The number of carbonyl (C=O) groups excluding carboxylic acids is 1. The second-order valence-electron chi connectivity index (χ2n) is 5.07. The van der Waals surface area contributed by atoms with Gasteiger partial charge in [-0.15, -0.1) is 5.10 Å². The number of carbonyl (C=O) groups is 1. The van der Waals surface area contributed by atoms with Gasteiger partial charge in [0, 0.05) is 0 Å². The number of para-hydroxylation sites is 1. The topological polar surface area (TPSA) is 79.1 Å². The van der Waals surface area contributed by atoms with E-state index in [4.69, 9.17) is 9.47 Å². The molecule has 0 saturated heterocycles. The van der Waals surface area contributed by atoms with E-state index >= 15 is 0 Å². The zero-order valence-electron chi connectivity index (χ0n) is 13.1. The van der Waals surface area contributed by atoms with Crippen LogP contribution in [0, 0.1) is 6.92 Å². The Kier molecular flexibility index (Phi) is 4.81. The van der Waals surface area contributed by atoms with Gasteiger partial charge in [0.05, 0.1) is 11.3 Å². The summed E-state index contributed by atoms with van der Waals surface area (Å²) in [5.74, 6) is 0.300. The van der Waals surface area contributed by atoms with Gasteiger partial charge in [0.15, 0.2) is 0 Å². The Morgan fingerprint density at radius 2 is 2.00 bits per heavy atom. The molecule has 0 saturated carbocycles. The van der Waals surface area contributed by atoms with Crippen molar-refractivity contribution in [1.82, 2.24) is 20.2 Å². The van der Waals surface area contributed by atoms with Gasteiger partial charge in [0.1, 0.15) is 25.3 Å². The second-order valence-corrected chi connectivity index (χ2v) is 5.07. The summed E-state index contributed by atoms with van der Waals surface area (Å²) >= 11 is 0. The van der Waals surface area contributed by atoms with Gasteiger partial charge in [-0.2, -0.15) is 4.68 Å². The SMILES string of the molecule is Cc1cccc(OCCOC(=O)c2ccccc2-n2cnnn2)c1. The van der Waals surface area contributed by atoms with Crippen molar-refractivity contribution in [2.24, 2.45) is 0 Å². The average molecular weight is 324 g/mol. The van der Waals surface area contributed by atoms with Crippen molar-refractivity contribution < 1.29 is 14.3 Å². The van der Waals surface area contributed by atoms with E-state index in [0.29, 0.717) is 11.3 Å². The van der Waals surface area contributed by atoms with Gasteiger partial charge in [-0.1, -0.05) is 24.3 Å². The molecule has 7 heteroatoms. The third-order valence-corrected chi connectivity index (χ3v) is 3.29. The number of nitrogens with zero attached hydrogens (tertiary/aromatic N) is 4. The van der Waals surface area contributed by atoms with Crippen molar-refractivity contribution in [3.8, 4) is 11.4 Å². The van der Waals surface area contributed by atoms with Crippen molar-refractivity contribution in [1.29, 1.82) is 0 Å². The molecule has 0 radical (unpaired) electrons. The summed E-state index contributed by atoms with van der Waals surface area (Å²) in [5, 5.41) is 10.9. The molecule has 7 nitrogen and oxygen atoms in total. The first-order valence-corrected chi connectivity index (χ1v) is 7.43. The molecule has 1 heterocycles. The minimum Gasteiger partial charge on any atom is -0.490 e. The van der Waals surface area contributed by atoms with Gasteiger partial charge in [-0.05, 0) is 47.2 Å². The Balaban J connectivity index is 1.58. The molecule has 0 spiro atoms. The molecular weight excluding hydrogens is 308 g/mol. The second kappa shape index (κ2) is 7.36. The largest absolute Gasteiger partial charge is 0.490 e. The van der Waals surface area contributed by atoms with E-state index < -0.39 is 5.97 Å². The number of esters is 1. The van der Waals surface area contributed by atoms with E-state index in [1.54, 1.807) is 24.3 Å². The first-order valence-electron chi connectivity index (χ1n) is 7.43. The van der Waals surface area contributed by atoms with E-state index in [0.717, 1.165) is 11.3 Å². The Bertz CT molecular complexity index is 818. The molecule has 0 aliphatic rings. The highest BCUT2D eigenvalue weighted by Crippen LogP contribution is 2.14. The first kappa shape index (κ1) is 15.7. The van der Waals surface area contributed by atoms with E-state index in [-0.39, 0.29) is 13.2 Å². The number of ether oxygens (including phenoxy) is 2. The molecule has 0 fully saturated rings. The van der Waals surface area contributed by atoms with Crippen LogP contribution in [-0.2, 0) is 4.74 Å². The molecule has 2 aromatic carbocycles. The number of hydrogen-bond acceptors (Lipinski definition) is 6. The molecule has 0 aliphatic carbocycles. The van der Waals surface area contributed by atoms with Crippen molar-refractivity contribution >= 4 is 5.97 Å². The molecule has 0 unspecified atom stereocenters. The minimum atomic E-state index is -0.450. The van der Waals surface area contributed by atoms with E-state index in [9.17, 15) is 4.79 Å². The minimum absolute atomic E-state index is 0.150. The predicted octanol–water partition coefficient (Wildman–Crippen LogP) is 2.21. The fourth-order valence-electron chi connectivity index (χ4n) is 2.19. The van der Waals surface area contributed by atoms with Crippen LogP contribution in [0.2, 0.25) is 0 Å². The molecule has 122 valence electrons. The molecule has 3 aromatic rings. The quantitative estimate of drug-likeness (QED) is 0.511. The van der Waals surface area contributed by atoms with Crippen LogP contribution in [0.25, 0.3) is 5.69 Å². The Morgan fingerprint density at radius 1 is 1.12 bits per heavy atom. The average Bonchev–Trinajstić information content (AvgIpc) is 3.13. The summed E-state index contributed by atoms with van der Waals surface area (Å²) in [6, 6.07) is 14.7. The highest BCUT2D eigenvalue weighted by molar-refractivity contribution is 5.93. The summed E-state index contributed by atoms with van der Waals surface area (Å²) < 4.78 is 12.3. The standard InChI is InChI=1S/C17H16N4O3/c1-13-5-4-6-14(11-13)23-9-10-24-17(22)15-7-2-3-8-16(15)21-12-18-19-20-21/h2-8,11-12H,9-10H2,1H3. The fraction of sp³-hybridized carbons (Fsp3) is 0.176. The zero-order chi connectivity index (χ0) is 16.8. The molecule has 0 bridgehead atoms. The van der Waals surface area contributed by atoms with Crippen molar-refractivity contribution in [2.45, 2.75) is 6.92 Å². The van der Waals surface area contributed by atoms with E-state index in [2.05, 4.69) is 15.5 Å². The van der Waals surface area contributed by atoms with Gasteiger partial charge < -0.3 is 9.47 Å². The highest BCUT2D eigenvalue weighted by atomic mass is 16.6. The lowest BCUT2D eigenvalue weighted by atomic mass is 10.2. The molecule has 3 rings (SSSR count). The number of benzene rings is 2. The molecule has 1 aromatic heterocycles. The summed E-state index contributed by atoms with van der Waals surface area (Å²) in [7, 11) is 0. The molecular formula is C17H16N4O3. The lowest BCUT2D eigenvalue weighted by molar-refractivity contribution is 0.0450. The van der Waals surface area contributed by atoms with Crippen molar-refractivity contribution in [2.75, 3.05) is 13.2 Å². The zero-order valence-corrected chi connectivity index (χ0v) is 13.1. The van der Waals surface area contributed by atoms with Gasteiger partial charge in [-0.3, -0.25) is 0 Å². The smallest absolute Gasteiger partial charge is 0.340 e. The van der Waals surface area contributed by atoms with Gasteiger partial charge in [0.25, 0.3) is 0 Å². The fourth-order valence-corrected chi connectivity index (χ4v) is 2.19. The summed E-state index contributed by atoms with van der Waals surface area (Å²) in [6.45, 7) is 2.42. The number of rotatable bonds is 6. The van der Waals surface area contributed by atoms with Gasteiger partial charge >= 0.3 is 5.97 Å². The molecule has 0 atom stereocenters. The normalized spacial score (nSPS) is 10.4. The van der Waals surface area contributed by atoms with Gasteiger partial charge in [-0.25, -0.2) is 4.79 Å². The molecule has 0 aliphatic heterocycles. The number of tetrazole rings is 1. The molecule has 24 heavy (non-hydrogen) atoms. The lowest BCUT2D eigenvalue weighted by Gasteiger charge is -2.10. The Labute approximate surface area is 138 Å². The molecule has 0 N–H and O–H groups in total. The summed E-state index contributed by atoms with van der Waals surface area (Å²) in [5.41, 5.74) is 2.06. The van der Waals surface area contributed by atoms with Crippen LogP contribution in [0.15, 0.2) is 54.9 Å². The first-order chi connectivity index (χ1) is 11.7. The van der Waals surface area contributed by atoms with E-state index in [1.807, 2.05) is 31.2 Å². The van der Waals surface area contributed by atoms with Crippen LogP contribution < -0.4 is 4.74 Å². The van der Waals surface area contributed by atoms with Crippen LogP contribution in [0.5, 0.6) is 5.75 Å². The van der Waals surface area contributed by atoms with E-state index in [1.165, 1.54) is 11.0 Å². The number of hydrogen-bond donors (Lipinski definition) is 0. The summed E-state index contributed by atoms with van der Waals surface area (Å²) in [6.07, 6.45) is 1.42. The Hall–Kier alpha value is -3.22. The maximum absolute atomic E-state index is 12.3. The maximum Gasteiger partial charge on any atom is 0.340 e. The third-order valence-electron chi connectivity index (χ3n) is 3.29. The maximum atomic E-state index is 12.3. The van der Waals surface area contributed by atoms with Crippen LogP contribution >= 0.6 is 0 Å². The van der Waals surface area contributed by atoms with Gasteiger partial charge in [0.2, 0.25) is 0 Å². The van der Waals surface area contributed by atoms with Crippen molar-refractivity contribution in [3.63, 3.8) is 0 Å².